The summed E-state index contributed by atoms with van der Waals surface area (Å²) in [6.07, 6.45) is -0.116. The first-order valence-corrected chi connectivity index (χ1v) is 6.18. The number of rotatable bonds is 3. The number of carbonyl (C=O) groups is 1. The molecule has 0 spiro atoms. The summed E-state index contributed by atoms with van der Waals surface area (Å²) in [5.74, 6) is -0.909. The lowest BCUT2D eigenvalue weighted by atomic mass is 10.2. The van der Waals surface area contributed by atoms with Gasteiger partial charge in [-0.25, -0.2) is 4.68 Å². The van der Waals surface area contributed by atoms with E-state index < -0.39 is 5.97 Å². The summed E-state index contributed by atoms with van der Waals surface area (Å²) in [5.41, 5.74) is 3.20. The molecule has 0 aliphatic carbocycles. The molecule has 1 aromatic carbocycles. The summed E-state index contributed by atoms with van der Waals surface area (Å²) in [5, 5.41) is 16.7. The zero-order valence-corrected chi connectivity index (χ0v) is 11.6. The predicted octanol–water partition coefficient (Wildman–Crippen LogP) is 2.27. The normalized spacial score (nSPS) is 10.6. The van der Waals surface area contributed by atoms with Gasteiger partial charge in [0.2, 0.25) is 0 Å². The Morgan fingerprint density at radius 3 is 2.78 bits per heavy atom. The van der Waals surface area contributed by atoms with E-state index in [0.717, 1.165) is 21.4 Å². The summed E-state index contributed by atoms with van der Waals surface area (Å²) in [6.45, 7) is 3.81. The van der Waals surface area contributed by atoms with Crippen molar-refractivity contribution in [1.29, 1.82) is 0 Å². The molecule has 94 valence electrons. The minimum absolute atomic E-state index is 0.116. The quantitative estimate of drug-likeness (QED) is 0.944. The molecular formula is C12H12BrN3O2. The molecule has 1 aromatic heterocycles. The average molecular weight is 310 g/mol. The zero-order chi connectivity index (χ0) is 13.3. The second kappa shape index (κ2) is 4.89. The Kier molecular flexibility index (Phi) is 3.47. The van der Waals surface area contributed by atoms with E-state index in [-0.39, 0.29) is 6.42 Å². The van der Waals surface area contributed by atoms with Gasteiger partial charge in [0, 0.05) is 4.47 Å². The van der Waals surface area contributed by atoms with E-state index in [9.17, 15) is 4.79 Å². The maximum absolute atomic E-state index is 10.7. The maximum atomic E-state index is 10.7. The Morgan fingerprint density at radius 2 is 2.17 bits per heavy atom. The Hall–Kier alpha value is -1.69. The fourth-order valence-corrected chi connectivity index (χ4v) is 2.34. The third kappa shape index (κ3) is 2.43. The highest BCUT2D eigenvalue weighted by Gasteiger charge is 2.14. The second-order valence-corrected chi connectivity index (χ2v) is 4.91. The van der Waals surface area contributed by atoms with Gasteiger partial charge >= 0.3 is 5.97 Å². The van der Waals surface area contributed by atoms with Gasteiger partial charge in [-0.2, -0.15) is 0 Å². The van der Waals surface area contributed by atoms with Gasteiger partial charge in [-0.15, -0.1) is 5.10 Å². The van der Waals surface area contributed by atoms with E-state index >= 15 is 0 Å². The number of nitrogens with zero attached hydrogens (tertiary/aromatic N) is 3. The van der Waals surface area contributed by atoms with Crippen molar-refractivity contribution in [2.45, 2.75) is 20.3 Å². The molecule has 0 unspecified atom stereocenters. The molecule has 2 aromatic rings. The van der Waals surface area contributed by atoms with Crippen molar-refractivity contribution in [2.24, 2.45) is 0 Å². The Balaban J connectivity index is 2.45. The number of benzene rings is 1. The number of aryl methyl sites for hydroxylation is 1. The molecule has 18 heavy (non-hydrogen) atoms. The van der Waals surface area contributed by atoms with Crippen LogP contribution in [0.1, 0.15) is 17.0 Å². The number of aromatic nitrogens is 3. The van der Waals surface area contributed by atoms with Crippen molar-refractivity contribution < 1.29 is 9.90 Å². The molecule has 0 saturated carbocycles. The van der Waals surface area contributed by atoms with Crippen molar-refractivity contribution in [3.63, 3.8) is 0 Å². The van der Waals surface area contributed by atoms with E-state index in [2.05, 4.69) is 26.2 Å². The molecular weight excluding hydrogens is 298 g/mol. The van der Waals surface area contributed by atoms with Crippen LogP contribution in [0.15, 0.2) is 22.7 Å². The highest BCUT2D eigenvalue weighted by atomic mass is 79.9. The molecule has 0 bridgehead atoms. The van der Waals surface area contributed by atoms with Crippen LogP contribution < -0.4 is 0 Å². The first-order chi connectivity index (χ1) is 8.49. The summed E-state index contributed by atoms with van der Waals surface area (Å²) in [6, 6.07) is 5.87. The van der Waals surface area contributed by atoms with Crippen LogP contribution in [-0.4, -0.2) is 26.1 Å². The van der Waals surface area contributed by atoms with Crippen LogP contribution in [0.4, 0.5) is 0 Å². The number of aliphatic carboxylic acids is 1. The van der Waals surface area contributed by atoms with E-state index in [4.69, 9.17) is 5.11 Å². The molecule has 1 N–H and O–H groups in total. The molecule has 2 rings (SSSR count). The predicted molar refractivity (Wildman–Crippen MR) is 69.9 cm³/mol. The van der Waals surface area contributed by atoms with Gasteiger partial charge in [0.05, 0.1) is 23.5 Å². The van der Waals surface area contributed by atoms with Crippen LogP contribution in [0.2, 0.25) is 0 Å². The Labute approximate surface area is 113 Å². The third-order valence-electron chi connectivity index (χ3n) is 2.64. The molecule has 0 aliphatic heterocycles. The van der Waals surface area contributed by atoms with Crippen LogP contribution in [0, 0.1) is 13.8 Å². The van der Waals surface area contributed by atoms with Crippen LogP contribution in [0.25, 0.3) is 5.69 Å². The largest absolute Gasteiger partial charge is 0.481 e. The Morgan fingerprint density at radius 1 is 1.44 bits per heavy atom. The van der Waals surface area contributed by atoms with Crippen molar-refractivity contribution in [3.8, 4) is 5.69 Å². The standard InChI is InChI=1S/C12H12BrN3O2/c1-7-3-4-11(9(13)5-7)16-8(2)10(14-15-16)6-12(17)18/h3-5H,6H2,1-2H3,(H,17,18). The minimum Gasteiger partial charge on any atom is -0.481 e. The molecule has 0 radical (unpaired) electrons. The van der Waals surface area contributed by atoms with Gasteiger partial charge in [-0.3, -0.25) is 4.79 Å². The van der Waals surface area contributed by atoms with Crippen molar-refractivity contribution in [3.05, 3.63) is 39.6 Å². The SMILES string of the molecule is Cc1ccc(-n2nnc(CC(=O)O)c2C)c(Br)c1. The highest BCUT2D eigenvalue weighted by molar-refractivity contribution is 9.10. The maximum Gasteiger partial charge on any atom is 0.309 e. The number of carboxylic acids is 1. The third-order valence-corrected chi connectivity index (χ3v) is 3.28. The first-order valence-electron chi connectivity index (χ1n) is 5.38. The van der Waals surface area contributed by atoms with E-state index in [1.165, 1.54) is 0 Å². The summed E-state index contributed by atoms with van der Waals surface area (Å²) in [4.78, 5) is 10.7. The van der Waals surface area contributed by atoms with Crippen LogP contribution in [-0.2, 0) is 11.2 Å². The van der Waals surface area contributed by atoms with Gasteiger partial charge in [0.25, 0.3) is 0 Å². The van der Waals surface area contributed by atoms with Crippen LogP contribution in [0.5, 0.6) is 0 Å². The van der Waals surface area contributed by atoms with E-state index in [1.807, 2.05) is 32.0 Å². The number of halogens is 1. The molecule has 1 heterocycles. The van der Waals surface area contributed by atoms with Gasteiger partial charge < -0.3 is 5.11 Å². The lowest BCUT2D eigenvalue weighted by Crippen LogP contribution is -2.04. The van der Waals surface area contributed by atoms with Crippen molar-refractivity contribution in [1.82, 2.24) is 15.0 Å². The summed E-state index contributed by atoms with van der Waals surface area (Å²) in [7, 11) is 0. The summed E-state index contributed by atoms with van der Waals surface area (Å²) >= 11 is 3.47. The molecule has 0 saturated heterocycles. The number of hydrogen-bond donors (Lipinski definition) is 1. The Bertz CT molecular complexity index is 607. The zero-order valence-electron chi connectivity index (χ0n) is 10.0. The van der Waals surface area contributed by atoms with Crippen molar-refractivity contribution in [2.75, 3.05) is 0 Å². The fourth-order valence-electron chi connectivity index (χ4n) is 1.68. The molecule has 0 fully saturated rings. The van der Waals surface area contributed by atoms with Gasteiger partial charge in [-0.05, 0) is 47.5 Å². The van der Waals surface area contributed by atoms with E-state index in [1.54, 1.807) is 4.68 Å². The lowest BCUT2D eigenvalue weighted by Gasteiger charge is -2.06. The smallest absolute Gasteiger partial charge is 0.309 e. The van der Waals surface area contributed by atoms with Gasteiger partial charge in [0.1, 0.15) is 0 Å². The second-order valence-electron chi connectivity index (χ2n) is 4.06. The fraction of sp³-hybridized carbons (Fsp3) is 0.250. The molecule has 0 amide bonds. The topological polar surface area (TPSA) is 68.0 Å². The number of carboxylic acid groups (broad SMARTS) is 1. The van der Waals surface area contributed by atoms with Gasteiger partial charge in [0.15, 0.2) is 0 Å². The number of hydrogen-bond acceptors (Lipinski definition) is 3. The van der Waals surface area contributed by atoms with Crippen LogP contribution >= 0.6 is 15.9 Å². The molecule has 5 nitrogen and oxygen atoms in total. The average Bonchev–Trinajstić information content (AvgIpc) is 2.60. The van der Waals surface area contributed by atoms with Crippen molar-refractivity contribution >= 4 is 21.9 Å². The lowest BCUT2D eigenvalue weighted by molar-refractivity contribution is -0.136. The first kappa shape index (κ1) is 12.8. The molecule has 0 atom stereocenters. The molecule has 6 heteroatoms. The highest BCUT2D eigenvalue weighted by Crippen LogP contribution is 2.23. The van der Waals surface area contributed by atoms with Crippen LogP contribution in [0.3, 0.4) is 0 Å². The van der Waals surface area contributed by atoms with E-state index in [0.29, 0.717) is 5.69 Å². The monoisotopic (exact) mass is 309 g/mol. The molecule has 0 aliphatic rings. The minimum atomic E-state index is -0.909. The summed E-state index contributed by atoms with van der Waals surface area (Å²) < 4.78 is 2.54. The van der Waals surface area contributed by atoms with Gasteiger partial charge in [-0.1, -0.05) is 11.3 Å².